The van der Waals surface area contributed by atoms with Crippen LogP contribution in [-0.2, 0) is 0 Å². The molecule has 0 atom stereocenters. The Kier molecular flexibility index (Phi) is 5.79. The van der Waals surface area contributed by atoms with E-state index in [4.69, 9.17) is 0 Å². The van der Waals surface area contributed by atoms with Crippen molar-refractivity contribution in [3.05, 3.63) is 0 Å². The summed E-state index contributed by atoms with van der Waals surface area (Å²) in [6.07, 6.45) is 11.3. The molecule has 2 rings (SSSR count). The molecule has 17 heavy (non-hydrogen) atoms. The molecule has 0 unspecified atom stereocenters. The molecule has 0 heterocycles. The third kappa shape index (κ3) is 6.42. The molecule has 0 aromatic heterocycles. The van der Waals surface area contributed by atoms with Crippen LogP contribution < -0.4 is 5.32 Å². The molecule has 2 fully saturated rings. The number of nitrogens with one attached hydrogen (secondary N) is 1. The average Bonchev–Trinajstić information content (AvgIpc) is 3.17. The van der Waals surface area contributed by atoms with Crippen LogP contribution in [0.5, 0.6) is 0 Å². The van der Waals surface area contributed by atoms with Gasteiger partial charge in [-0.05, 0) is 70.5 Å². The standard InChI is InChI=1S/C15H30N2/c1-2-11-17(13-14-6-7-14)12-5-3-4-10-16-15-8-9-15/h14-16H,2-13H2,1H3. The van der Waals surface area contributed by atoms with E-state index in [-0.39, 0.29) is 0 Å². The minimum absolute atomic E-state index is 0.890. The van der Waals surface area contributed by atoms with Gasteiger partial charge in [-0.15, -0.1) is 0 Å². The summed E-state index contributed by atoms with van der Waals surface area (Å²) < 4.78 is 0. The lowest BCUT2D eigenvalue weighted by Crippen LogP contribution is -2.28. The third-order valence-corrected chi connectivity index (χ3v) is 3.91. The van der Waals surface area contributed by atoms with E-state index >= 15 is 0 Å². The fraction of sp³-hybridized carbons (Fsp3) is 1.00. The van der Waals surface area contributed by atoms with E-state index < -0.39 is 0 Å². The summed E-state index contributed by atoms with van der Waals surface area (Å²) >= 11 is 0. The highest BCUT2D eigenvalue weighted by Crippen LogP contribution is 2.29. The number of rotatable bonds is 11. The number of hydrogen-bond donors (Lipinski definition) is 1. The summed E-state index contributed by atoms with van der Waals surface area (Å²) in [5.41, 5.74) is 0. The third-order valence-electron chi connectivity index (χ3n) is 3.91. The molecule has 0 saturated heterocycles. The molecule has 0 bridgehead atoms. The van der Waals surface area contributed by atoms with E-state index in [1.54, 1.807) is 0 Å². The van der Waals surface area contributed by atoms with Crippen LogP contribution in [0.1, 0.15) is 58.3 Å². The number of hydrogen-bond acceptors (Lipinski definition) is 2. The van der Waals surface area contributed by atoms with Crippen molar-refractivity contribution in [1.29, 1.82) is 0 Å². The number of unbranched alkanes of at least 4 members (excludes halogenated alkanes) is 2. The normalized spacial score (nSPS) is 20.1. The molecule has 0 amide bonds. The molecule has 0 radical (unpaired) electrons. The van der Waals surface area contributed by atoms with Crippen molar-refractivity contribution in [3.8, 4) is 0 Å². The maximum atomic E-state index is 3.60. The Bertz CT molecular complexity index is 197. The summed E-state index contributed by atoms with van der Waals surface area (Å²) in [6, 6.07) is 0.890. The van der Waals surface area contributed by atoms with Gasteiger partial charge in [0, 0.05) is 12.6 Å². The van der Waals surface area contributed by atoms with E-state index in [9.17, 15) is 0 Å². The highest BCUT2D eigenvalue weighted by atomic mass is 15.1. The lowest BCUT2D eigenvalue weighted by molar-refractivity contribution is 0.257. The molecule has 2 aliphatic carbocycles. The fourth-order valence-electron chi connectivity index (χ4n) is 2.51. The van der Waals surface area contributed by atoms with Crippen LogP contribution in [0, 0.1) is 5.92 Å². The van der Waals surface area contributed by atoms with Gasteiger partial charge in [-0.25, -0.2) is 0 Å². The molecule has 2 heteroatoms. The van der Waals surface area contributed by atoms with Gasteiger partial charge in [-0.3, -0.25) is 0 Å². The van der Waals surface area contributed by atoms with Gasteiger partial charge in [0.25, 0.3) is 0 Å². The minimum atomic E-state index is 0.890. The molecule has 100 valence electrons. The Balaban J connectivity index is 1.42. The first-order chi connectivity index (χ1) is 8.38. The Hall–Kier alpha value is -0.0800. The van der Waals surface area contributed by atoms with Crippen LogP contribution in [0.25, 0.3) is 0 Å². The van der Waals surface area contributed by atoms with Crippen molar-refractivity contribution in [2.24, 2.45) is 5.92 Å². The van der Waals surface area contributed by atoms with Gasteiger partial charge < -0.3 is 10.2 Å². The molecular formula is C15H30N2. The molecule has 2 saturated carbocycles. The maximum absolute atomic E-state index is 3.60. The van der Waals surface area contributed by atoms with Crippen LogP contribution in [0.3, 0.4) is 0 Å². The summed E-state index contributed by atoms with van der Waals surface area (Å²) in [5.74, 6) is 1.05. The molecule has 0 spiro atoms. The van der Waals surface area contributed by atoms with Gasteiger partial charge in [0.05, 0.1) is 0 Å². The van der Waals surface area contributed by atoms with Gasteiger partial charge >= 0.3 is 0 Å². The first-order valence-corrected chi connectivity index (χ1v) is 7.84. The van der Waals surface area contributed by atoms with Crippen molar-refractivity contribution < 1.29 is 0 Å². The maximum Gasteiger partial charge on any atom is 0.00682 e. The highest BCUT2D eigenvalue weighted by molar-refractivity contribution is 4.80. The topological polar surface area (TPSA) is 15.3 Å². The Morgan fingerprint density at radius 1 is 1.00 bits per heavy atom. The van der Waals surface area contributed by atoms with Gasteiger partial charge in [-0.1, -0.05) is 13.3 Å². The molecule has 0 aliphatic heterocycles. The second-order valence-electron chi connectivity index (χ2n) is 6.03. The van der Waals surface area contributed by atoms with Crippen molar-refractivity contribution in [2.45, 2.75) is 64.3 Å². The van der Waals surface area contributed by atoms with E-state index in [0.29, 0.717) is 0 Å². The average molecular weight is 238 g/mol. The quantitative estimate of drug-likeness (QED) is 0.557. The van der Waals surface area contributed by atoms with Crippen molar-refractivity contribution in [1.82, 2.24) is 10.2 Å². The van der Waals surface area contributed by atoms with Crippen molar-refractivity contribution in [2.75, 3.05) is 26.2 Å². The predicted octanol–water partition coefficient (Wildman–Crippen LogP) is 3.03. The second kappa shape index (κ2) is 7.38. The monoisotopic (exact) mass is 238 g/mol. The summed E-state index contributed by atoms with van der Waals surface area (Å²) in [6.45, 7) is 7.60. The zero-order chi connectivity index (χ0) is 11.9. The number of nitrogens with zero attached hydrogens (tertiary/aromatic N) is 1. The van der Waals surface area contributed by atoms with Gasteiger partial charge in [0.15, 0.2) is 0 Å². The Morgan fingerprint density at radius 3 is 2.47 bits per heavy atom. The smallest absolute Gasteiger partial charge is 0.00682 e. The van der Waals surface area contributed by atoms with Gasteiger partial charge in [0.2, 0.25) is 0 Å². The van der Waals surface area contributed by atoms with Crippen LogP contribution in [0.4, 0.5) is 0 Å². The van der Waals surface area contributed by atoms with Crippen molar-refractivity contribution >= 4 is 0 Å². The Labute approximate surface area is 107 Å². The lowest BCUT2D eigenvalue weighted by atomic mass is 10.2. The van der Waals surface area contributed by atoms with E-state index in [1.165, 1.54) is 77.5 Å². The van der Waals surface area contributed by atoms with Crippen LogP contribution in [0.15, 0.2) is 0 Å². The molecule has 2 nitrogen and oxygen atoms in total. The molecular weight excluding hydrogens is 208 g/mol. The zero-order valence-corrected chi connectivity index (χ0v) is 11.6. The van der Waals surface area contributed by atoms with Gasteiger partial charge in [0.1, 0.15) is 0 Å². The molecule has 1 N–H and O–H groups in total. The van der Waals surface area contributed by atoms with E-state index in [2.05, 4.69) is 17.1 Å². The second-order valence-corrected chi connectivity index (χ2v) is 6.03. The minimum Gasteiger partial charge on any atom is -0.314 e. The van der Waals surface area contributed by atoms with Crippen LogP contribution in [-0.4, -0.2) is 37.1 Å². The van der Waals surface area contributed by atoms with Crippen molar-refractivity contribution in [3.63, 3.8) is 0 Å². The van der Waals surface area contributed by atoms with Gasteiger partial charge in [-0.2, -0.15) is 0 Å². The van der Waals surface area contributed by atoms with Crippen LogP contribution in [0.2, 0.25) is 0 Å². The zero-order valence-electron chi connectivity index (χ0n) is 11.6. The largest absolute Gasteiger partial charge is 0.314 e. The first-order valence-electron chi connectivity index (χ1n) is 7.84. The first kappa shape index (κ1) is 13.4. The molecule has 0 aromatic rings. The predicted molar refractivity (Wildman–Crippen MR) is 74.3 cm³/mol. The summed E-state index contributed by atoms with van der Waals surface area (Å²) in [7, 11) is 0. The van der Waals surface area contributed by atoms with Crippen LogP contribution >= 0.6 is 0 Å². The van der Waals surface area contributed by atoms with E-state index in [0.717, 1.165) is 12.0 Å². The molecule has 0 aromatic carbocycles. The highest BCUT2D eigenvalue weighted by Gasteiger charge is 2.23. The Morgan fingerprint density at radius 2 is 1.82 bits per heavy atom. The van der Waals surface area contributed by atoms with E-state index in [1.807, 2.05) is 0 Å². The summed E-state index contributed by atoms with van der Waals surface area (Å²) in [4.78, 5) is 2.70. The lowest BCUT2D eigenvalue weighted by Gasteiger charge is -2.21. The summed E-state index contributed by atoms with van der Waals surface area (Å²) in [5, 5.41) is 3.60. The fourth-order valence-corrected chi connectivity index (χ4v) is 2.51. The SMILES string of the molecule is CCCN(CCCCCNC1CC1)CC1CC1. The molecule has 2 aliphatic rings.